The highest BCUT2D eigenvalue weighted by Crippen LogP contribution is 2.40. The average molecular weight is 682 g/mol. The van der Waals surface area contributed by atoms with Crippen LogP contribution < -0.4 is 21.3 Å². The van der Waals surface area contributed by atoms with E-state index in [0.717, 1.165) is 38.4 Å². The molecule has 0 spiro atoms. The molecule has 0 aromatic carbocycles. The van der Waals surface area contributed by atoms with E-state index < -0.39 is 68.5 Å². The van der Waals surface area contributed by atoms with Crippen LogP contribution in [-0.2, 0) is 29.0 Å². The molecular weight excluding hydrogens is 622 g/mol. The van der Waals surface area contributed by atoms with Crippen molar-refractivity contribution in [3.05, 3.63) is 0 Å². The van der Waals surface area contributed by atoms with Gasteiger partial charge in [-0.1, -0.05) is 80.6 Å². The zero-order chi connectivity index (χ0) is 35.4. The first-order chi connectivity index (χ1) is 21.7. The molecule has 3 fully saturated rings. The Morgan fingerprint density at radius 1 is 0.915 bits per heavy atom. The van der Waals surface area contributed by atoms with Crippen molar-refractivity contribution in [3.63, 3.8) is 0 Å². The van der Waals surface area contributed by atoms with Gasteiger partial charge in [0.05, 0.1) is 17.3 Å². The van der Waals surface area contributed by atoms with Crippen LogP contribution in [0.1, 0.15) is 113 Å². The quantitative estimate of drug-likeness (QED) is 0.217. The standard InChI is InChI=1S/C34H59N5O7S/c1-9-18-35-29(42)26(40)24(20-22-13-14-22)36-28(41)25-23(32(2,3)4)15-19-39(25)30(43)27(33(5,6)7)37-31(44)38-34(21-47(8,45)46)16-11-10-12-17-34/h22-25,27H,9-21H2,1-8H3,(H,35,42)(H,36,41)(H2,37,38,44)/t23-,24?,25-,27+/m0/s1. The van der Waals surface area contributed by atoms with Crippen molar-refractivity contribution in [1.82, 2.24) is 26.2 Å². The number of nitrogens with one attached hydrogen (secondary N) is 4. The summed E-state index contributed by atoms with van der Waals surface area (Å²) in [6.07, 6.45) is 8.21. The molecule has 5 amide bonds. The molecule has 4 N–H and O–H groups in total. The summed E-state index contributed by atoms with van der Waals surface area (Å²) in [5.41, 5.74) is -2.04. The number of amides is 5. The van der Waals surface area contributed by atoms with Gasteiger partial charge in [-0.05, 0) is 54.8 Å². The van der Waals surface area contributed by atoms with Gasteiger partial charge in [-0.25, -0.2) is 13.2 Å². The van der Waals surface area contributed by atoms with E-state index in [9.17, 15) is 32.4 Å². The second-order valence-corrected chi connectivity index (χ2v) is 18.5. The fraction of sp³-hybridized carbons (Fsp3) is 0.853. The van der Waals surface area contributed by atoms with Gasteiger partial charge in [0.2, 0.25) is 17.6 Å². The highest BCUT2D eigenvalue weighted by molar-refractivity contribution is 7.90. The Hall–Kier alpha value is -2.70. The number of carbonyl (C=O) groups is 5. The predicted octanol–water partition coefficient (Wildman–Crippen LogP) is 3.09. The maximum Gasteiger partial charge on any atom is 0.315 e. The van der Waals surface area contributed by atoms with Gasteiger partial charge in [0.1, 0.15) is 21.9 Å². The summed E-state index contributed by atoms with van der Waals surface area (Å²) < 4.78 is 24.6. The van der Waals surface area contributed by atoms with E-state index in [1.165, 1.54) is 4.90 Å². The van der Waals surface area contributed by atoms with E-state index in [1.54, 1.807) is 0 Å². The van der Waals surface area contributed by atoms with Gasteiger partial charge in [-0.15, -0.1) is 0 Å². The monoisotopic (exact) mass is 681 g/mol. The summed E-state index contributed by atoms with van der Waals surface area (Å²) in [6.45, 7) is 14.0. The molecule has 12 nitrogen and oxygen atoms in total. The van der Waals surface area contributed by atoms with Crippen LogP contribution in [0.25, 0.3) is 0 Å². The van der Waals surface area contributed by atoms with Crippen molar-refractivity contribution >= 4 is 39.4 Å². The highest BCUT2D eigenvalue weighted by Gasteiger charge is 2.50. The summed E-state index contributed by atoms with van der Waals surface area (Å²) in [5, 5.41) is 11.3. The minimum Gasteiger partial charge on any atom is -0.349 e. The highest BCUT2D eigenvalue weighted by atomic mass is 32.2. The number of carbonyl (C=O) groups excluding carboxylic acids is 5. The molecule has 13 heteroatoms. The minimum atomic E-state index is -3.39. The Morgan fingerprint density at radius 2 is 1.53 bits per heavy atom. The first-order valence-electron chi connectivity index (χ1n) is 17.4. The average Bonchev–Trinajstić information content (AvgIpc) is 3.64. The van der Waals surface area contributed by atoms with Crippen molar-refractivity contribution in [2.75, 3.05) is 25.1 Å². The number of hydrogen-bond donors (Lipinski definition) is 4. The first-order valence-corrected chi connectivity index (χ1v) is 19.4. The van der Waals surface area contributed by atoms with Crippen LogP contribution in [-0.4, -0.2) is 91.6 Å². The Kier molecular flexibility index (Phi) is 12.6. The van der Waals surface area contributed by atoms with Crippen molar-refractivity contribution in [3.8, 4) is 0 Å². The molecule has 1 aliphatic heterocycles. The summed E-state index contributed by atoms with van der Waals surface area (Å²) >= 11 is 0. The van der Waals surface area contributed by atoms with E-state index >= 15 is 0 Å². The molecule has 1 unspecified atom stereocenters. The van der Waals surface area contributed by atoms with Crippen LogP contribution in [0.2, 0.25) is 0 Å². The van der Waals surface area contributed by atoms with Gasteiger partial charge >= 0.3 is 6.03 Å². The van der Waals surface area contributed by atoms with Crippen molar-refractivity contribution in [2.24, 2.45) is 22.7 Å². The van der Waals surface area contributed by atoms with Gasteiger partial charge in [0.15, 0.2) is 0 Å². The number of rotatable bonds is 13. The fourth-order valence-electron chi connectivity index (χ4n) is 7.19. The largest absolute Gasteiger partial charge is 0.349 e. The Balaban J connectivity index is 1.87. The number of likely N-dealkylation sites (tertiary alicyclic amines) is 1. The van der Waals surface area contributed by atoms with E-state index in [0.29, 0.717) is 38.6 Å². The maximum absolute atomic E-state index is 14.4. The van der Waals surface area contributed by atoms with Crippen LogP contribution in [0.15, 0.2) is 0 Å². The Morgan fingerprint density at radius 3 is 2.04 bits per heavy atom. The molecule has 1 heterocycles. The van der Waals surface area contributed by atoms with Crippen LogP contribution in [0.3, 0.4) is 0 Å². The number of nitrogens with zero attached hydrogens (tertiary/aromatic N) is 1. The lowest BCUT2D eigenvalue weighted by Gasteiger charge is -2.40. The van der Waals surface area contributed by atoms with Crippen molar-refractivity contribution in [2.45, 2.75) is 136 Å². The van der Waals surface area contributed by atoms with Gasteiger partial charge in [0, 0.05) is 19.3 Å². The van der Waals surface area contributed by atoms with E-state index in [2.05, 4.69) is 21.3 Å². The summed E-state index contributed by atoms with van der Waals surface area (Å²) in [7, 11) is -3.39. The molecule has 0 radical (unpaired) electrons. The summed E-state index contributed by atoms with van der Waals surface area (Å²) in [5.74, 6) is -2.48. The lowest BCUT2D eigenvalue weighted by molar-refractivity contribution is -0.145. The Bertz CT molecular complexity index is 1280. The molecule has 2 saturated carbocycles. The van der Waals surface area contributed by atoms with E-state index in [1.807, 2.05) is 48.5 Å². The summed E-state index contributed by atoms with van der Waals surface area (Å²) in [6, 6.07) is -3.56. The molecule has 1 saturated heterocycles. The SMILES string of the molecule is CCCNC(=O)C(=O)C(CC1CC1)NC(=O)[C@@H]1[C@@H](C(C)(C)C)CCN1C(=O)[C@@H](NC(=O)NC1(CS(C)(=O)=O)CCCCC1)C(C)(C)C. The van der Waals surface area contributed by atoms with Gasteiger partial charge in [0.25, 0.3) is 5.91 Å². The maximum atomic E-state index is 14.4. The Labute approximate surface area is 281 Å². The third kappa shape index (κ3) is 10.9. The molecule has 3 rings (SSSR count). The predicted molar refractivity (Wildman–Crippen MR) is 181 cm³/mol. The molecule has 3 aliphatic rings. The molecule has 0 aromatic rings. The molecule has 47 heavy (non-hydrogen) atoms. The summed E-state index contributed by atoms with van der Waals surface area (Å²) in [4.78, 5) is 69.5. The molecule has 4 atom stereocenters. The number of hydrogen-bond acceptors (Lipinski definition) is 7. The molecule has 0 bridgehead atoms. The normalized spacial score (nSPS) is 22.9. The number of ketones is 1. The smallest absolute Gasteiger partial charge is 0.315 e. The zero-order valence-corrected chi connectivity index (χ0v) is 30.6. The molecule has 0 aromatic heterocycles. The molecule has 268 valence electrons. The third-order valence-corrected chi connectivity index (χ3v) is 10.9. The van der Waals surface area contributed by atoms with Crippen LogP contribution in [0, 0.1) is 22.7 Å². The van der Waals surface area contributed by atoms with Gasteiger partial charge in [-0.2, -0.15) is 0 Å². The molecule has 2 aliphatic carbocycles. The van der Waals surface area contributed by atoms with Crippen LogP contribution >= 0.6 is 0 Å². The number of urea groups is 1. The van der Waals surface area contributed by atoms with Crippen molar-refractivity contribution < 1.29 is 32.4 Å². The van der Waals surface area contributed by atoms with E-state index in [-0.39, 0.29) is 29.5 Å². The van der Waals surface area contributed by atoms with Crippen molar-refractivity contribution in [1.29, 1.82) is 0 Å². The topological polar surface area (TPSA) is 171 Å². The minimum absolute atomic E-state index is 0.180. The lowest BCUT2D eigenvalue weighted by atomic mass is 9.75. The van der Waals surface area contributed by atoms with E-state index in [4.69, 9.17) is 0 Å². The number of sulfone groups is 1. The zero-order valence-electron chi connectivity index (χ0n) is 29.8. The van der Waals surface area contributed by atoms with Crippen LogP contribution in [0.5, 0.6) is 0 Å². The third-order valence-electron chi connectivity index (χ3n) is 9.84. The number of Topliss-reactive ketones (excluding diaryl/α,β-unsaturated/α-hetero) is 1. The van der Waals surface area contributed by atoms with Gasteiger partial charge < -0.3 is 26.2 Å². The van der Waals surface area contributed by atoms with Gasteiger partial charge in [-0.3, -0.25) is 19.2 Å². The second kappa shape index (κ2) is 15.2. The molecular formula is C34H59N5O7S. The van der Waals surface area contributed by atoms with Crippen LogP contribution in [0.4, 0.5) is 4.79 Å². The second-order valence-electron chi connectivity index (χ2n) is 16.4. The lowest BCUT2D eigenvalue weighted by Crippen LogP contribution is -2.63. The fourth-order valence-corrected chi connectivity index (χ4v) is 8.55. The first kappa shape index (κ1) is 38.7.